The Hall–Kier alpha value is -3.38. The Kier molecular flexibility index (Phi) is 10.5. The number of aliphatic hydroxyl groups excluding tert-OH is 1. The fraction of sp³-hybridized carbons (Fsp3) is 0.548. The Morgan fingerprint density at radius 2 is 1.95 bits per heavy atom. The molecule has 226 valence electrons. The van der Waals surface area contributed by atoms with Crippen molar-refractivity contribution < 1.29 is 24.3 Å². The Bertz CT molecular complexity index is 1330. The number of fused-ring (bicyclic) bond motifs is 1. The number of ether oxygens (including phenoxy) is 1. The second-order valence-electron chi connectivity index (χ2n) is 11.3. The van der Waals surface area contributed by atoms with Crippen LogP contribution < -0.4 is 15.7 Å². The summed E-state index contributed by atoms with van der Waals surface area (Å²) in [5.41, 5.74) is 6.19. The van der Waals surface area contributed by atoms with Gasteiger partial charge in [-0.2, -0.15) is 0 Å². The van der Waals surface area contributed by atoms with Crippen molar-refractivity contribution in [3.8, 4) is 0 Å². The summed E-state index contributed by atoms with van der Waals surface area (Å²) < 4.78 is 7.60. The molecule has 3 N–H and O–H groups in total. The van der Waals surface area contributed by atoms with Gasteiger partial charge in [-0.1, -0.05) is 6.07 Å². The summed E-state index contributed by atoms with van der Waals surface area (Å²) >= 11 is 0. The summed E-state index contributed by atoms with van der Waals surface area (Å²) in [6.07, 6.45) is 11.0. The first-order valence-corrected chi connectivity index (χ1v) is 15.0. The molecule has 11 heteroatoms. The summed E-state index contributed by atoms with van der Waals surface area (Å²) in [5, 5.41) is 13.8. The standard InChI is InChI=1S/C31H42N6O5/c1-36-21-25(27-16-23(7-8-28(27)36)15-26(39)5-4-13-38)18-32-17-22-9-11-37(12-10-22)31-33-19-24(20-34-31)30(40)35-42-29-6-2-3-14-41-29/h7-8,16,19-22,29,32,38H,2-6,9-15,17-18H2,1H3,(H,35,40). The molecule has 0 spiro atoms. The van der Waals surface area contributed by atoms with Gasteiger partial charge in [0.2, 0.25) is 5.95 Å². The fourth-order valence-electron chi connectivity index (χ4n) is 5.70. The van der Waals surface area contributed by atoms with Crippen LogP contribution in [-0.4, -0.2) is 70.5 Å². The molecule has 2 aliphatic heterocycles. The van der Waals surface area contributed by atoms with Gasteiger partial charge >= 0.3 is 0 Å². The smallest absolute Gasteiger partial charge is 0.278 e. The van der Waals surface area contributed by atoms with Crippen LogP contribution in [0.4, 0.5) is 5.95 Å². The van der Waals surface area contributed by atoms with Gasteiger partial charge in [0, 0.05) is 88.7 Å². The molecule has 4 heterocycles. The van der Waals surface area contributed by atoms with Gasteiger partial charge in [0.05, 0.1) is 5.56 Å². The normalized spacial score (nSPS) is 18.0. The number of piperidine rings is 1. The lowest BCUT2D eigenvalue weighted by molar-refractivity contribution is -0.186. The van der Waals surface area contributed by atoms with E-state index < -0.39 is 6.29 Å². The molecule has 5 rings (SSSR count). The van der Waals surface area contributed by atoms with Crippen LogP contribution in [0.5, 0.6) is 0 Å². The Labute approximate surface area is 246 Å². The zero-order valence-electron chi connectivity index (χ0n) is 24.4. The van der Waals surface area contributed by atoms with Gasteiger partial charge in [-0.3, -0.25) is 9.59 Å². The van der Waals surface area contributed by atoms with Crippen LogP contribution in [0, 0.1) is 5.92 Å². The summed E-state index contributed by atoms with van der Waals surface area (Å²) in [6, 6.07) is 6.25. The third-order valence-electron chi connectivity index (χ3n) is 8.12. The van der Waals surface area contributed by atoms with Crippen molar-refractivity contribution in [3.63, 3.8) is 0 Å². The molecule has 1 atom stereocenters. The minimum Gasteiger partial charge on any atom is -0.396 e. The van der Waals surface area contributed by atoms with Crippen LogP contribution >= 0.6 is 0 Å². The third-order valence-corrected chi connectivity index (χ3v) is 8.12. The molecule has 3 aromatic rings. The maximum Gasteiger partial charge on any atom is 0.278 e. The molecule has 1 aromatic carbocycles. The minimum absolute atomic E-state index is 0.0481. The number of aliphatic hydroxyl groups is 1. The molecule has 2 aliphatic rings. The monoisotopic (exact) mass is 578 g/mol. The van der Waals surface area contributed by atoms with Crippen molar-refractivity contribution in [3.05, 3.63) is 53.5 Å². The number of hydrogen-bond acceptors (Lipinski definition) is 9. The molecule has 0 aliphatic carbocycles. The third kappa shape index (κ3) is 7.91. The minimum atomic E-state index is -0.399. The van der Waals surface area contributed by atoms with Crippen molar-refractivity contribution in [1.82, 2.24) is 25.3 Å². The van der Waals surface area contributed by atoms with E-state index in [-0.39, 0.29) is 18.3 Å². The molecule has 11 nitrogen and oxygen atoms in total. The first-order chi connectivity index (χ1) is 20.5. The Morgan fingerprint density at radius 3 is 2.69 bits per heavy atom. The van der Waals surface area contributed by atoms with Gasteiger partial charge in [-0.25, -0.2) is 20.3 Å². The molecular formula is C31H42N6O5. The summed E-state index contributed by atoms with van der Waals surface area (Å²) in [7, 11) is 2.05. The maximum atomic E-state index is 12.4. The lowest BCUT2D eigenvalue weighted by Crippen LogP contribution is -2.38. The zero-order valence-corrected chi connectivity index (χ0v) is 24.4. The van der Waals surface area contributed by atoms with Crippen molar-refractivity contribution in [2.75, 3.05) is 37.7 Å². The molecular weight excluding hydrogens is 536 g/mol. The van der Waals surface area contributed by atoms with E-state index in [4.69, 9.17) is 14.7 Å². The van der Waals surface area contributed by atoms with E-state index in [9.17, 15) is 9.59 Å². The molecule has 1 amide bonds. The number of anilines is 1. The highest BCUT2D eigenvalue weighted by molar-refractivity contribution is 5.92. The summed E-state index contributed by atoms with van der Waals surface area (Å²) in [6.45, 7) is 4.11. The number of hydrogen-bond donors (Lipinski definition) is 3. The van der Waals surface area contributed by atoms with E-state index in [1.807, 2.05) is 6.07 Å². The van der Waals surface area contributed by atoms with Crippen molar-refractivity contribution in [1.29, 1.82) is 0 Å². The molecule has 2 saturated heterocycles. The van der Waals surface area contributed by atoms with Gasteiger partial charge in [-0.15, -0.1) is 0 Å². The lowest BCUT2D eigenvalue weighted by Gasteiger charge is -2.32. The quantitative estimate of drug-likeness (QED) is 0.262. The molecule has 0 radical (unpaired) electrons. The van der Waals surface area contributed by atoms with Crippen molar-refractivity contribution in [2.45, 2.75) is 64.2 Å². The van der Waals surface area contributed by atoms with E-state index in [0.29, 0.717) is 43.3 Å². The van der Waals surface area contributed by atoms with Crippen LogP contribution in [0.1, 0.15) is 66.4 Å². The number of hydroxylamine groups is 1. The summed E-state index contributed by atoms with van der Waals surface area (Å²) in [4.78, 5) is 41.0. The van der Waals surface area contributed by atoms with Crippen molar-refractivity contribution >= 4 is 28.5 Å². The average Bonchev–Trinajstić information content (AvgIpc) is 3.34. The molecule has 0 saturated carbocycles. The first kappa shape index (κ1) is 30.1. The highest BCUT2D eigenvalue weighted by Crippen LogP contribution is 2.24. The van der Waals surface area contributed by atoms with Crippen molar-refractivity contribution in [2.24, 2.45) is 13.0 Å². The van der Waals surface area contributed by atoms with Crippen LogP contribution in [-0.2, 0) is 34.4 Å². The molecule has 42 heavy (non-hydrogen) atoms. The highest BCUT2D eigenvalue weighted by Gasteiger charge is 2.22. The largest absolute Gasteiger partial charge is 0.396 e. The summed E-state index contributed by atoms with van der Waals surface area (Å²) in [5.74, 6) is 0.970. The number of Topliss-reactive ketones (excluding diaryl/α,β-unsaturated/α-hetero) is 1. The second kappa shape index (κ2) is 14.7. The number of aromatic nitrogens is 3. The highest BCUT2D eigenvalue weighted by atomic mass is 16.8. The van der Waals surface area contributed by atoms with Gasteiger partial charge in [0.15, 0.2) is 6.29 Å². The first-order valence-electron chi connectivity index (χ1n) is 15.0. The SMILES string of the molecule is Cn1cc(CNCC2CCN(c3ncc(C(=O)NOC4CCCCO4)cn3)CC2)c2cc(CC(=O)CCCO)ccc21. The van der Waals surface area contributed by atoms with Crippen LogP contribution in [0.25, 0.3) is 10.9 Å². The molecule has 2 aromatic heterocycles. The Balaban J connectivity index is 1.06. The predicted octanol–water partition coefficient (Wildman–Crippen LogP) is 3.05. The van der Waals surface area contributed by atoms with Gasteiger partial charge < -0.3 is 24.6 Å². The predicted molar refractivity (Wildman–Crippen MR) is 159 cm³/mol. The maximum absolute atomic E-state index is 12.4. The number of carbonyl (C=O) groups excluding carboxylic acids is 2. The lowest BCUT2D eigenvalue weighted by atomic mass is 9.97. The second-order valence-corrected chi connectivity index (χ2v) is 11.3. The Morgan fingerprint density at radius 1 is 1.14 bits per heavy atom. The van der Waals surface area contributed by atoms with Gasteiger partial charge in [0.25, 0.3) is 5.91 Å². The average molecular weight is 579 g/mol. The fourth-order valence-corrected chi connectivity index (χ4v) is 5.70. The number of rotatable bonds is 13. The van der Waals surface area contributed by atoms with E-state index in [0.717, 1.165) is 69.4 Å². The topological polar surface area (TPSA) is 131 Å². The zero-order chi connectivity index (χ0) is 29.3. The number of carbonyl (C=O) groups is 2. The number of nitrogens with one attached hydrogen (secondary N) is 2. The number of amides is 1. The van der Waals surface area contributed by atoms with E-state index in [1.165, 1.54) is 23.3 Å². The number of nitrogens with zero attached hydrogens (tertiary/aromatic N) is 4. The number of aryl methyl sites for hydroxylation is 1. The number of benzene rings is 1. The van der Waals surface area contributed by atoms with Gasteiger partial charge in [0.1, 0.15) is 5.78 Å². The molecule has 2 fully saturated rings. The van der Waals surface area contributed by atoms with E-state index in [2.05, 4.69) is 55.6 Å². The van der Waals surface area contributed by atoms with Crippen LogP contribution in [0.15, 0.2) is 36.8 Å². The van der Waals surface area contributed by atoms with Crippen LogP contribution in [0.3, 0.4) is 0 Å². The van der Waals surface area contributed by atoms with Crippen LogP contribution in [0.2, 0.25) is 0 Å². The van der Waals surface area contributed by atoms with E-state index in [1.54, 1.807) is 0 Å². The van der Waals surface area contributed by atoms with E-state index >= 15 is 0 Å². The molecule has 0 bridgehead atoms. The molecule has 1 unspecified atom stereocenters. The number of ketones is 1. The van der Waals surface area contributed by atoms with Gasteiger partial charge in [-0.05, 0) is 67.8 Å².